The number of carbonyl (C=O) groups is 3. The Morgan fingerprint density at radius 1 is 1.37 bits per heavy atom. The van der Waals surface area contributed by atoms with Crippen LogP contribution in [-0.2, 0) is 19.1 Å². The van der Waals surface area contributed by atoms with Crippen LogP contribution in [0.25, 0.3) is 0 Å². The third-order valence-corrected chi connectivity index (χ3v) is 5.77. The fourth-order valence-electron chi connectivity index (χ4n) is 3.18. The van der Waals surface area contributed by atoms with Gasteiger partial charge in [-0.2, -0.15) is 0 Å². The number of ether oxygens (including phenoxy) is 2. The average Bonchev–Trinajstić information content (AvgIpc) is 2.99. The van der Waals surface area contributed by atoms with E-state index in [1.165, 1.54) is 13.0 Å². The van der Waals surface area contributed by atoms with Gasteiger partial charge >= 0.3 is 6.09 Å². The second-order valence-corrected chi connectivity index (χ2v) is 8.14. The summed E-state index contributed by atoms with van der Waals surface area (Å²) < 4.78 is 10.8. The number of carbonyl (C=O) groups excluding carboxylic acids is 3. The summed E-state index contributed by atoms with van der Waals surface area (Å²) in [5, 5.41) is 19.7. The number of hydrogen-bond acceptors (Lipinski definition) is 7. The number of amides is 2. The molecule has 8 nitrogen and oxygen atoms in total. The predicted octanol–water partition coefficient (Wildman–Crippen LogP) is 1.72. The molecule has 152 valence electrons. The minimum Gasteiger partial charge on any atom is -0.447 e. The van der Waals surface area contributed by atoms with Crippen LogP contribution in [0.1, 0.15) is 40.0 Å². The molecule has 0 bridgehead atoms. The van der Waals surface area contributed by atoms with E-state index in [0.717, 1.165) is 4.90 Å². The van der Waals surface area contributed by atoms with E-state index in [9.17, 15) is 19.5 Å². The molecule has 0 unspecified atom stereocenters. The molecule has 27 heavy (non-hydrogen) atoms. The molecule has 2 amide bonds. The first-order chi connectivity index (χ1) is 12.6. The van der Waals surface area contributed by atoms with Gasteiger partial charge in [-0.05, 0) is 40.8 Å². The van der Waals surface area contributed by atoms with Crippen molar-refractivity contribution in [2.45, 2.75) is 58.0 Å². The zero-order valence-electron chi connectivity index (χ0n) is 15.7. The normalized spacial score (nSPS) is 29.7. The molecule has 9 heteroatoms. The number of nitrogens with zero attached hydrogens (tertiary/aromatic N) is 1. The van der Waals surface area contributed by atoms with Gasteiger partial charge in [0.05, 0.1) is 16.4 Å². The summed E-state index contributed by atoms with van der Waals surface area (Å²) in [7, 11) is 0. The second-order valence-electron chi connectivity index (χ2n) is 7.28. The van der Waals surface area contributed by atoms with Crippen molar-refractivity contribution in [3.63, 3.8) is 0 Å². The van der Waals surface area contributed by atoms with Gasteiger partial charge in [0.15, 0.2) is 11.6 Å². The molecular weight excluding hydrogens is 422 g/mol. The largest absolute Gasteiger partial charge is 0.447 e. The van der Waals surface area contributed by atoms with Crippen LogP contribution in [0.5, 0.6) is 0 Å². The van der Waals surface area contributed by atoms with Gasteiger partial charge in [-0.1, -0.05) is 20.8 Å². The van der Waals surface area contributed by atoms with Crippen molar-refractivity contribution < 1.29 is 34.1 Å². The smallest absolute Gasteiger partial charge is 0.416 e. The number of aliphatic hydroxyl groups is 2. The van der Waals surface area contributed by atoms with Gasteiger partial charge in [0.2, 0.25) is 5.91 Å². The summed E-state index contributed by atoms with van der Waals surface area (Å²) in [5.41, 5.74) is 0. The van der Waals surface area contributed by atoms with Crippen molar-refractivity contribution in [1.29, 1.82) is 0 Å². The van der Waals surface area contributed by atoms with E-state index in [2.05, 4.69) is 15.9 Å². The lowest BCUT2D eigenvalue weighted by Gasteiger charge is -2.38. The van der Waals surface area contributed by atoms with Crippen molar-refractivity contribution in [3.8, 4) is 0 Å². The molecule has 0 spiro atoms. The first-order valence-corrected chi connectivity index (χ1v) is 9.84. The summed E-state index contributed by atoms with van der Waals surface area (Å²) in [6.45, 7) is 5.33. The number of halogens is 1. The summed E-state index contributed by atoms with van der Waals surface area (Å²) in [6.07, 6.45) is 0.333. The lowest BCUT2D eigenvalue weighted by molar-refractivity contribution is -0.217. The monoisotopic (exact) mass is 447 g/mol. The molecule has 0 saturated carbocycles. The molecule has 2 N–H and O–H groups in total. The zero-order chi connectivity index (χ0) is 20.4. The molecule has 1 saturated heterocycles. The summed E-state index contributed by atoms with van der Waals surface area (Å²) in [4.78, 5) is 38.4. The molecule has 0 aromatic carbocycles. The molecule has 2 aliphatic rings. The van der Waals surface area contributed by atoms with Crippen LogP contribution in [0.2, 0.25) is 0 Å². The Labute approximate surface area is 166 Å². The van der Waals surface area contributed by atoms with Crippen LogP contribution in [0, 0.1) is 11.8 Å². The van der Waals surface area contributed by atoms with Gasteiger partial charge in [-0.3, -0.25) is 9.59 Å². The van der Waals surface area contributed by atoms with E-state index < -0.39 is 41.6 Å². The van der Waals surface area contributed by atoms with Crippen LogP contribution in [0.15, 0.2) is 10.6 Å². The number of unbranched alkanes of at least 4 members (excludes halogenated alkanes) is 1. The molecular formula is C18H26BrNO7. The Bertz CT molecular complexity index is 635. The Morgan fingerprint density at radius 3 is 2.63 bits per heavy atom. The third-order valence-electron chi connectivity index (χ3n) is 4.92. The van der Waals surface area contributed by atoms with Crippen LogP contribution in [0.4, 0.5) is 4.79 Å². The fraction of sp³-hybridized carbons (Fsp3) is 0.722. The van der Waals surface area contributed by atoms with Crippen molar-refractivity contribution in [2.24, 2.45) is 11.8 Å². The van der Waals surface area contributed by atoms with Gasteiger partial charge < -0.3 is 19.7 Å². The summed E-state index contributed by atoms with van der Waals surface area (Å²) in [6, 6.07) is -0.406. The van der Waals surface area contributed by atoms with E-state index in [4.69, 9.17) is 14.6 Å². The summed E-state index contributed by atoms with van der Waals surface area (Å²) >= 11 is 3.15. The highest BCUT2D eigenvalue weighted by Crippen LogP contribution is 2.37. The van der Waals surface area contributed by atoms with Gasteiger partial charge in [-0.25, -0.2) is 9.69 Å². The molecule has 2 heterocycles. The minimum atomic E-state index is -1.76. The predicted molar refractivity (Wildman–Crippen MR) is 98.8 cm³/mol. The van der Waals surface area contributed by atoms with E-state index in [1.807, 2.05) is 13.8 Å². The first-order valence-electron chi connectivity index (χ1n) is 9.04. The SMILES string of the molecule is CC(C)[C@@H]1COC(=O)N1C(=O)[C@H](C)[C@@H]1O[C@@](O)(CCCCO)C(Br)=CC1=O. The number of aliphatic hydroxyl groups excluding tert-OH is 1. The third kappa shape index (κ3) is 4.59. The van der Waals surface area contributed by atoms with Gasteiger partial charge in [0, 0.05) is 13.0 Å². The van der Waals surface area contributed by atoms with E-state index in [1.54, 1.807) is 0 Å². The van der Waals surface area contributed by atoms with Crippen LogP contribution in [-0.4, -0.2) is 64.0 Å². The maximum atomic E-state index is 12.9. The van der Waals surface area contributed by atoms with Crippen LogP contribution < -0.4 is 0 Å². The average molecular weight is 448 g/mol. The van der Waals surface area contributed by atoms with Crippen LogP contribution >= 0.6 is 15.9 Å². The molecule has 2 rings (SSSR count). The van der Waals surface area contributed by atoms with Crippen molar-refractivity contribution >= 4 is 33.7 Å². The molecule has 0 aromatic rings. The number of imide groups is 1. The maximum absolute atomic E-state index is 12.9. The summed E-state index contributed by atoms with van der Waals surface area (Å²) in [5.74, 6) is -3.78. The van der Waals surface area contributed by atoms with Crippen molar-refractivity contribution in [3.05, 3.63) is 10.6 Å². The lowest BCUT2D eigenvalue weighted by atomic mass is 9.93. The Hall–Kier alpha value is -1.29. The highest BCUT2D eigenvalue weighted by atomic mass is 79.9. The number of hydrogen-bond donors (Lipinski definition) is 2. The molecule has 0 aliphatic carbocycles. The molecule has 0 radical (unpaired) electrons. The van der Waals surface area contributed by atoms with Gasteiger partial charge in [-0.15, -0.1) is 0 Å². The Balaban J connectivity index is 2.19. The topological polar surface area (TPSA) is 113 Å². The van der Waals surface area contributed by atoms with E-state index >= 15 is 0 Å². The standard InChI is InChI=1S/C18H26BrNO7/c1-10(2)12-9-26-17(24)20(12)16(23)11(3)15-13(22)8-14(19)18(25,27-15)6-4-5-7-21/h8,10-12,15,21,25H,4-7,9H2,1-3H3/t11-,12+,15+,18+/m1/s1. The second kappa shape index (κ2) is 8.81. The van der Waals surface area contributed by atoms with Gasteiger partial charge in [0.25, 0.3) is 0 Å². The number of rotatable bonds is 7. The van der Waals surface area contributed by atoms with E-state index in [-0.39, 0.29) is 30.0 Å². The highest BCUT2D eigenvalue weighted by molar-refractivity contribution is 9.11. The first kappa shape index (κ1) is 22.0. The van der Waals surface area contributed by atoms with Crippen LogP contribution in [0.3, 0.4) is 0 Å². The lowest BCUT2D eigenvalue weighted by Crippen LogP contribution is -2.52. The number of ketones is 1. The maximum Gasteiger partial charge on any atom is 0.416 e. The van der Waals surface area contributed by atoms with E-state index in [0.29, 0.717) is 12.8 Å². The molecule has 0 aromatic heterocycles. The minimum absolute atomic E-state index is 0.0000280. The zero-order valence-corrected chi connectivity index (χ0v) is 17.3. The Morgan fingerprint density at radius 2 is 2.04 bits per heavy atom. The van der Waals surface area contributed by atoms with Gasteiger partial charge in [0.1, 0.15) is 12.7 Å². The Kier molecular flexibility index (Phi) is 7.18. The highest BCUT2D eigenvalue weighted by Gasteiger charge is 2.48. The van der Waals surface area contributed by atoms with Crippen molar-refractivity contribution in [2.75, 3.05) is 13.2 Å². The quantitative estimate of drug-likeness (QED) is 0.571. The number of cyclic esters (lactones) is 1. The molecule has 4 atom stereocenters. The molecule has 2 aliphatic heterocycles. The fourth-order valence-corrected chi connectivity index (χ4v) is 3.69. The van der Waals surface area contributed by atoms with Crippen molar-refractivity contribution in [1.82, 2.24) is 4.90 Å². The molecule has 1 fully saturated rings.